The van der Waals surface area contributed by atoms with Crippen molar-refractivity contribution < 1.29 is 14.3 Å². The molecule has 0 aromatic carbocycles. The second-order valence-electron chi connectivity index (χ2n) is 6.35. The van der Waals surface area contributed by atoms with Crippen molar-refractivity contribution >= 4 is 17.8 Å². The lowest BCUT2D eigenvalue weighted by molar-refractivity contribution is -0.141. The number of piperidine rings is 1. The standard InChI is InChI=1S/C17H25N5O3/c1-2-18-17-19-10-14(11-20-17)16(24)22-5-3-4-13(12-22)15(23)21-6-8-25-9-7-21/h10-11,13H,2-9,12H2,1H3,(H,18,19,20)/t13-/m1/s1. The summed E-state index contributed by atoms with van der Waals surface area (Å²) >= 11 is 0. The SMILES string of the molecule is CCNc1ncc(C(=O)N2CCC[C@@H](C(=O)N3CCOCC3)C2)cn1. The maximum absolute atomic E-state index is 12.7. The molecule has 2 aliphatic rings. The minimum Gasteiger partial charge on any atom is -0.378 e. The van der Waals surface area contributed by atoms with E-state index >= 15 is 0 Å². The predicted molar refractivity (Wildman–Crippen MR) is 92.2 cm³/mol. The number of ether oxygens (including phenoxy) is 1. The Labute approximate surface area is 147 Å². The van der Waals surface area contributed by atoms with Crippen LogP contribution in [0.4, 0.5) is 5.95 Å². The Bertz CT molecular complexity index is 601. The van der Waals surface area contributed by atoms with Crippen LogP contribution in [0.2, 0.25) is 0 Å². The van der Waals surface area contributed by atoms with Gasteiger partial charge in [0, 0.05) is 45.1 Å². The number of aromatic nitrogens is 2. The van der Waals surface area contributed by atoms with Gasteiger partial charge in [0.2, 0.25) is 11.9 Å². The molecule has 8 heteroatoms. The fraction of sp³-hybridized carbons (Fsp3) is 0.647. The number of likely N-dealkylation sites (tertiary alicyclic amines) is 1. The molecule has 25 heavy (non-hydrogen) atoms. The van der Waals surface area contributed by atoms with Gasteiger partial charge in [-0.05, 0) is 19.8 Å². The fourth-order valence-corrected chi connectivity index (χ4v) is 3.28. The first-order chi connectivity index (χ1) is 12.2. The van der Waals surface area contributed by atoms with Gasteiger partial charge < -0.3 is 19.9 Å². The molecule has 8 nitrogen and oxygen atoms in total. The van der Waals surface area contributed by atoms with E-state index < -0.39 is 0 Å². The largest absolute Gasteiger partial charge is 0.378 e. The van der Waals surface area contributed by atoms with Crippen molar-refractivity contribution in [2.24, 2.45) is 5.92 Å². The molecule has 0 aliphatic carbocycles. The van der Waals surface area contributed by atoms with Crippen LogP contribution < -0.4 is 5.32 Å². The number of morpholine rings is 1. The van der Waals surface area contributed by atoms with Gasteiger partial charge in [-0.25, -0.2) is 9.97 Å². The van der Waals surface area contributed by atoms with E-state index in [4.69, 9.17) is 4.74 Å². The topological polar surface area (TPSA) is 87.7 Å². The number of hydrogen-bond acceptors (Lipinski definition) is 6. The van der Waals surface area contributed by atoms with Crippen molar-refractivity contribution in [3.8, 4) is 0 Å². The van der Waals surface area contributed by atoms with Gasteiger partial charge >= 0.3 is 0 Å². The minimum absolute atomic E-state index is 0.109. The zero-order valence-electron chi connectivity index (χ0n) is 14.6. The maximum atomic E-state index is 12.7. The van der Waals surface area contributed by atoms with E-state index in [-0.39, 0.29) is 17.7 Å². The van der Waals surface area contributed by atoms with Crippen LogP contribution in [0.15, 0.2) is 12.4 Å². The molecule has 1 atom stereocenters. The number of carbonyl (C=O) groups is 2. The van der Waals surface area contributed by atoms with E-state index in [2.05, 4.69) is 15.3 Å². The summed E-state index contributed by atoms with van der Waals surface area (Å²) in [4.78, 5) is 37.3. The summed E-state index contributed by atoms with van der Waals surface area (Å²) in [6.07, 6.45) is 4.75. The van der Waals surface area contributed by atoms with Crippen LogP contribution in [-0.4, -0.2) is 77.5 Å². The number of nitrogens with one attached hydrogen (secondary N) is 1. The molecule has 2 saturated heterocycles. The van der Waals surface area contributed by atoms with Gasteiger partial charge in [0.05, 0.1) is 24.7 Å². The van der Waals surface area contributed by atoms with Crippen molar-refractivity contribution in [3.63, 3.8) is 0 Å². The normalized spacial score (nSPS) is 21.1. The summed E-state index contributed by atoms with van der Waals surface area (Å²) < 4.78 is 5.30. The summed E-state index contributed by atoms with van der Waals surface area (Å²) in [7, 11) is 0. The van der Waals surface area contributed by atoms with Crippen LogP contribution in [0.1, 0.15) is 30.1 Å². The molecule has 3 heterocycles. The second kappa shape index (κ2) is 8.24. The van der Waals surface area contributed by atoms with Crippen LogP contribution in [0.25, 0.3) is 0 Å². The van der Waals surface area contributed by atoms with E-state index in [1.54, 1.807) is 17.3 Å². The summed E-state index contributed by atoms with van der Waals surface area (Å²) in [6, 6.07) is 0. The smallest absolute Gasteiger partial charge is 0.257 e. The first-order valence-corrected chi connectivity index (χ1v) is 8.90. The Morgan fingerprint density at radius 3 is 2.60 bits per heavy atom. The molecule has 1 aromatic heterocycles. The van der Waals surface area contributed by atoms with E-state index in [0.717, 1.165) is 19.4 Å². The van der Waals surface area contributed by atoms with Gasteiger partial charge in [-0.15, -0.1) is 0 Å². The maximum Gasteiger partial charge on any atom is 0.257 e. The highest BCUT2D eigenvalue weighted by molar-refractivity contribution is 5.94. The molecule has 0 radical (unpaired) electrons. The summed E-state index contributed by atoms with van der Waals surface area (Å²) in [5.74, 6) is 0.415. The van der Waals surface area contributed by atoms with Crippen LogP contribution in [0.3, 0.4) is 0 Å². The van der Waals surface area contributed by atoms with Crippen LogP contribution >= 0.6 is 0 Å². The quantitative estimate of drug-likeness (QED) is 0.859. The predicted octanol–water partition coefficient (Wildman–Crippen LogP) is 0.619. The van der Waals surface area contributed by atoms with Crippen LogP contribution in [-0.2, 0) is 9.53 Å². The molecule has 3 rings (SSSR count). The van der Waals surface area contributed by atoms with E-state index in [1.807, 2.05) is 11.8 Å². The number of anilines is 1. The summed E-state index contributed by atoms with van der Waals surface area (Å²) in [6.45, 7) is 6.29. The van der Waals surface area contributed by atoms with Crippen molar-refractivity contribution in [1.82, 2.24) is 19.8 Å². The van der Waals surface area contributed by atoms with Gasteiger partial charge in [-0.3, -0.25) is 9.59 Å². The Kier molecular flexibility index (Phi) is 5.80. The monoisotopic (exact) mass is 347 g/mol. The zero-order valence-corrected chi connectivity index (χ0v) is 14.6. The Hall–Kier alpha value is -2.22. The van der Waals surface area contributed by atoms with Gasteiger partial charge in [0.1, 0.15) is 0 Å². The Balaban J connectivity index is 1.61. The lowest BCUT2D eigenvalue weighted by Gasteiger charge is -2.36. The number of rotatable bonds is 4. The summed E-state index contributed by atoms with van der Waals surface area (Å²) in [5.41, 5.74) is 0.459. The van der Waals surface area contributed by atoms with Crippen molar-refractivity contribution in [2.75, 3.05) is 51.3 Å². The average Bonchev–Trinajstić information content (AvgIpc) is 2.68. The average molecular weight is 347 g/mol. The molecule has 0 unspecified atom stereocenters. The molecule has 1 N–H and O–H groups in total. The summed E-state index contributed by atoms with van der Waals surface area (Å²) in [5, 5.41) is 3.00. The molecule has 0 spiro atoms. The van der Waals surface area contributed by atoms with Gasteiger partial charge in [0.15, 0.2) is 0 Å². The number of hydrogen-bond donors (Lipinski definition) is 1. The number of amides is 2. The molecule has 2 fully saturated rings. The Morgan fingerprint density at radius 2 is 1.92 bits per heavy atom. The molecule has 2 aliphatic heterocycles. The van der Waals surface area contributed by atoms with E-state index in [0.29, 0.717) is 50.9 Å². The van der Waals surface area contributed by atoms with Crippen molar-refractivity contribution in [2.45, 2.75) is 19.8 Å². The molecule has 136 valence electrons. The highest BCUT2D eigenvalue weighted by Crippen LogP contribution is 2.21. The molecule has 2 amide bonds. The molecule has 1 aromatic rings. The number of nitrogens with zero attached hydrogens (tertiary/aromatic N) is 4. The molecular weight excluding hydrogens is 322 g/mol. The highest BCUT2D eigenvalue weighted by atomic mass is 16.5. The molecular formula is C17H25N5O3. The van der Waals surface area contributed by atoms with Crippen molar-refractivity contribution in [3.05, 3.63) is 18.0 Å². The van der Waals surface area contributed by atoms with Gasteiger partial charge in [0.25, 0.3) is 5.91 Å². The first-order valence-electron chi connectivity index (χ1n) is 8.90. The van der Waals surface area contributed by atoms with Gasteiger partial charge in [-0.1, -0.05) is 0 Å². The lowest BCUT2D eigenvalue weighted by Crippen LogP contribution is -2.49. The van der Waals surface area contributed by atoms with Crippen LogP contribution in [0, 0.1) is 5.92 Å². The fourth-order valence-electron chi connectivity index (χ4n) is 3.28. The van der Waals surface area contributed by atoms with Gasteiger partial charge in [-0.2, -0.15) is 0 Å². The minimum atomic E-state index is -0.127. The highest BCUT2D eigenvalue weighted by Gasteiger charge is 2.32. The second-order valence-corrected chi connectivity index (χ2v) is 6.35. The third-order valence-corrected chi connectivity index (χ3v) is 4.61. The lowest BCUT2D eigenvalue weighted by atomic mass is 9.96. The zero-order chi connectivity index (χ0) is 17.6. The molecule has 0 saturated carbocycles. The molecule has 0 bridgehead atoms. The third kappa shape index (κ3) is 4.25. The van der Waals surface area contributed by atoms with E-state index in [1.165, 1.54) is 0 Å². The first kappa shape index (κ1) is 17.6. The Morgan fingerprint density at radius 1 is 1.20 bits per heavy atom. The number of carbonyl (C=O) groups excluding carboxylic acids is 2. The third-order valence-electron chi connectivity index (χ3n) is 4.61. The van der Waals surface area contributed by atoms with Crippen molar-refractivity contribution in [1.29, 1.82) is 0 Å². The van der Waals surface area contributed by atoms with Crippen LogP contribution in [0.5, 0.6) is 0 Å². The van der Waals surface area contributed by atoms with E-state index in [9.17, 15) is 9.59 Å².